The van der Waals surface area contributed by atoms with Crippen LogP contribution in [0.4, 0.5) is 0 Å². The number of esters is 1. The number of fused-ring (bicyclic) bond motifs is 1. The number of carbonyl (C=O) groups excluding carboxylic acids is 1. The van der Waals surface area contributed by atoms with Gasteiger partial charge in [0.2, 0.25) is 0 Å². The molecule has 0 saturated carbocycles. The van der Waals surface area contributed by atoms with Gasteiger partial charge >= 0.3 is 5.97 Å². The van der Waals surface area contributed by atoms with Crippen molar-refractivity contribution < 1.29 is 9.53 Å². The Balaban J connectivity index is 1.92. The molecule has 1 aromatic heterocycles. The fourth-order valence-electron chi connectivity index (χ4n) is 2.47. The van der Waals surface area contributed by atoms with Gasteiger partial charge in [-0.25, -0.2) is 9.48 Å². The fourth-order valence-corrected chi connectivity index (χ4v) is 2.47. The average molecular weight is 308 g/mol. The molecule has 1 heterocycles. The molecule has 0 aliphatic carbocycles. The topological polar surface area (TPSA) is 61.2 Å². The molecule has 116 valence electrons. The van der Waals surface area contributed by atoms with Crippen LogP contribution in [0.5, 0.6) is 0 Å². The molecule has 0 bridgehead atoms. The highest BCUT2D eigenvalue weighted by Gasteiger charge is 2.16. The minimum atomic E-state index is -0.543. The van der Waals surface area contributed by atoms with Crippen molar-refractivity contribution >= 4 is 16.7 Å². The van der Waals surface area contributed by atoms with Crippen LogP contribution in [0.1, 0.15) is 21.6 Å². The molecule has 0 amide bonds. The molecule has 3 rings (SSSR count). The van der Waals surface area contributed by atoms with E-state index in [9.17, 15) is 9.59 Å². The zero-order valence-corrected chi connectivity index (χ0v) is 12.9. The van der Waals surface area contributed by atoms with E-state index in [2.05, 4.69) is 5.10 Å². The van der Waals surface area contributed by atoms with Crippen molar-refractivity contribution in [3.63, 3.8) is 0 Å². The zero-order chi connectivity index (χ0) is 16.4. The van der Waals surface area contributed by atoms with E-state index in [-0.39, 0.29) is 17.9 Å². The van der Waals surface area contributed by atoms with Crippen LogP contribution in [-0.4, -0.2) is 15.7 Å². The van der Waals surface area contributed by atoms with Gasteiger partial charge in [0.25, 0.3) is 5.56 Å². The van der Waals surface area contributed by atoms with Gasteiger partial charge in [0.15, 0.2) is 5.69 Å². The first-order valence-corrected chi connectivity index (χ1v) is 7.25. The molecule has 3 aromatic rings. The molecule has 0 unspecified atom stereocenters. The van der Waals surface area contributed by atoms with Gasteiger partial charge in [-0.3, -0.25) is 4.79 Å². The smallest absolute Gasteiger partial charge is 0.359 e. The van der Waals surface area contributed by atoms with Crippen molar-refractivity contribution in [3.05, 3.63) is 75.7 Å². The predicted molar refractivity (Wildman–Crippen MR) is 87.3 cm³/mol. The lowest BCUT2D eigenvalue weighted by Crippen LogP contribution is -2.23. The third-order valence-corrected chi connectivity index (χ3v) is 3.60. The Morgan fingerprint density at radius 2 is 1.87 bits per heavy atom. The normalized spacial score (nSPS) is 10.7. The van der Waals surface area contributed by atoms with E-state index in [0.29, 0.717) is 10.8 Å². The number of aromatic nitrogens is 2. The monoisotopic (exact) mass is 308 g/mol. The summed E-state index contributed by atoms with van der Waals surface area (Å²) in [5.41, 5.74) is 1.92. The van der Waals surface area contributed by atoms with Crippen LogP contribution in [0.3, 0.4) is 0 Å². The Morgan fingerprint density at radius 3 is 2.61 bits per heavy atom. The summed E-state index contributed by atoms with van der Waals surface area (Å²) in [6.07, 6.45) is 0. The van der Waals surface area contributed by atoms with Gasteiger partial charge in [-0.15, -0.1) is 0 Å². The number of ether oxygens (including phenoxy) is 1. The molecule has 0 fully saturated rings. The summed E-state index contributed by atoms with van der Waals surface area (Å²) in [6, 6.07) is 14.6. The molecule has 0 N–H and O–H groups in total. The summed E-state index contributed by atoms with van der Waals surface area (Å²) < 4.78 is 6.51. The summed E-state index contributed by atoms with van der Waals surface area (Å²) in [5, 5.41) is 5.02. The Bertz CT molecular complexity index is 944. The predicted octanol–water partition coefficient (Wildman–Crippen LogP) is 2.60. The maximum Gasteiger partial charge on any atom is 0.359 e. The summed E-state index contributed by atoms with van der Waals surface area (Å²) >= 11 is 0. The van der Waals surface area contributed by atoms with Gasteiger partial charge in [-0.2, -0.15) is 5.10 Å². The van der Waals surface area contributed by atoms with Gasteiger partial charge in [0.05, 0.1) is 5.39 Å². The Labute approximate surface area is 133 Å². The summed E-state index contributed by atoms with van der Waals surface area (Å²) in [7, 11) is 1.52. The van der Waals surface area contributed by atoms with Gasteiger partial charge in [0, 0.05) is 12.4 Å². The van der Waals surface area contributed by atoms with E-state index in [1.54, 1.807) is 24.3 Å². The highest BCUT2D eigenvalue weighted by Crippen LogP contribution is 2.15. The van der Waals surface area contributed by atoms with E-state index in [0.717, 1.165) is 15.8 Å². The van der Waals surface area contributed by atoms with E-state index < -0.39 is 5.97 Å². The summed E-state index contributed by atoms with van der Waals surface area (Å²) in [5.74, 6) is -0.543. The Hall–Kier alpha value is -2.95. The molecule has 2 aromatic carbocycles. The number of nitrogens with zero attached hydrogens (tertiary/aromatic N) is 2. The maximum absolute atomic E-state index is 12.4. The van der Waals surface area contributed by atoms with Crippen molar-refractivity contribution in [2.75, 3.05) is 0 Å². The van der Waals surface area contributed by atoms with Crippen LogP contribution in [-0.2, 0) is 18.4 Å². The van der Waals surface area contributed by atoms with Crippen molar-refractivity contribution in [1.82, 2.24) is 9.78 Å². The number of hydrogen-bond donors (Lipinski definition) is 0. The second kappa shape index (κ2) is 6.04. The number of aryl methyl sites for hydroxylation is 2. The lowest BCUT2D eigenvalue weighted by molar-refractivity contribution is 0.0465. The van der Waals surface area contributed by atoms with Gasteiger partial charge < -0.3 is 4.74 Å². The van der Waals surface area contributed by atoms with Gasteiger partial charge in [0.1, 0.15) is 6.61 Å². The minimum Gasteiger partial charge on any atom is -0.456 e. The average Bonchev–Trinajstić information content (AvgIpc) is 2.56. The molecule has 0 radical (unpaired) electrons. The molecule has 0 aliphatic rings. The van der Waals surface area contributed by atoms with Crippen molar-refractivity contribution in [2.24, 2.45) is 7.05 Å². The van der Waals surface area contributed by atoms with Gasteiger partial charge in [-0.05, 0) is 18.6 Å². The van der Waals surface area contributed by atoms with Crippen LogP contribution in [0.15, 0.2) is 53.3 Å². The standard InChI is InChI=1S/C18H16N2O3/c1-12-6-5-7-13(10-12)11-23-18(22)16-14-8-3-4-9-15(14)17(21)20(2)19-16/h3-10H,11H2,1-2H3. The number of rotatable bonds is 3. The molecular weight excluding hydrogens is 292 g/mol. The van der Waals surface area contributed by atoms with Crippen LogP contribution >= 0.6 is 0 Å². The molecule has 0 spiro atoms. The molecular formula is C18H16N2O3. The number of hydrogen-bond acceptors (Lipinski definition) is 4. The van der Waals surface area contributed by atoms with Crippen LogP contribution in [0.2, 0.25) is 0 Å². The third kappa shape index (κ3) is 2.99. The first-order valence-electron chi connectivity index (χ1n) is 7.25. The van der Waals surface area contributed by atoms with Crippen LogP contribution in [0.25, 0.3) is 10.8 Å². The largest absolute Gasteiger partial charge is 0.456 e. The second-order valence-corrected chi connectivity index (χ2v) is 5.39. The fraction of sp³-hybridized carbons (Fsp3) is 0.167. The van der Waals surface area contributed by atoms with Gasteiger partial charge in [-0.1, -0.05) is 48.0 Å². The summed E-state index contributed by atoms with van der Waals surface area (Å²) in [4.78, 5) is 24.4. The van der Waals surface area contributed by atoms with E-state index in [1.807, 2.05) is 31.2 Å². The molecule has 5 heteroatoms. The third-order valence-electron chi connectivity index (χ3n) is 3.60. The Morgan fingerprint density at radius 1 is 1.13 bits per heavy atom. The first kappa shape index (κ1) is 15.0. The highest BCUT2D eigenvalue weighted by atomic mass is 16.5. The SMILES string of the molecule is Cc1cccc(COC(=O)c2nn(C)c(=O)c3ccccc23)c1. The first-order chi connectivity index (χ1) is 11.1. The lowest BCUT2D eigenvalue weighted by atomic mass is 10.1. The van der Waals surface area contributed by atoms with E-state index in [1.165, 1.54) is 7.05 Å². The zero-order valence-electron chi connectivity index (χ0n) is 12.9. The van der Waals surface area contributed by atoms with Crippen molar-refractivity contribution in [1.29, 1.82) is 0 Å². The molecule has 23 heavy (non-hydrogen) atoms. The van der Waals surface area contributed by atoms with E-state index in [4.69, 9.17) is 4.74 Å². The lowest BCUT2D eigenvalue weighted by Gasteiger charge is -2.08. The maximum atomic E-state index is 12.4. The van der Waals surface area contributed by atoms with Crippen LogP contribution in [0, 0.1) is 6.92 Å². The quantitative estimate of drug-likeness (QED) is 0.698. The minimum absolute atomic E-state index is 0.148. The molecule has 0 saturated heterocycles. The van der Waals surface area contributed by atoms with E-state index >= 15 is 0 Å². The van der Waals surface area contributed by atoms with Crippen LogP contribution < -0.4 is 5.56 Å². The van der Waals surface area contributed by atoms with Crippen molar-refractivity contribution in [3.8, 4) is 0 Å². The molecule has 0 atom stereocenters. The molecule has 5 nitrogen and oxygen atoms in total. The number of benzene rings is 2. The molecule has 0 aliphatic heterocycles. The Kier molecular flexibility index (Phi) is 3.93. The van der Waals surface area contributed by atoms with Crippen molar-refractivity contribution in [2.45, 2.75) is 13.5 Å². The second-order valence-electron chi connectivity index (χ2n) is 5.39. The highest BCUT2D eigenvalue weighted by molar-refractivity contribution is 6.02. The summed E-state index contributed by atoms with van der Waals surface area (Å²) in [6.45, 7) is 2.15. The number of carbonyl (C=O) groups is 1.